The van der Waals surface area contributed by atoms with Crippen molar-refractivity contribution < 1.29 is 4.39 Å². The zero-order chi connectivity index (χ0) is 61.8. The van der Waals surface area contributed by atoms with E-state index in [0.717, 1.165) is 5.56 Å². The largest absolute Gasteiger partial charge is 0.217 e. The Morgan fingerprint density at radius 1 is 0.337 bits per heavy atom. The van der Waals surface area contributed by atoms with E-state index in [9.17, 15) is 4.39 Å². The van der Waals surface area contributed by atoms with Gasteiger partial charge in [-0.25, -0.2) is 13.9 Å². The second-order valence-corrected chi connectivity index (χ2v) is 13.0. The number of rotatable bonds is 1. The van der Waals surface area contributed by atoms with Gasteiger partial charge in [0.25, 0.3) is 0 Å². The molecule has 0 amide bonds. The molecule has 0 saturated heterocycles. The summed E-state index contributed by atoms with van der Waals surface area (Å²) in [5.41, 5.74) is 1.57. The lowest BCUT2D eigenvalue weighted by Crippen LogP contribution is -1.91. The number of aromatic nitrogens is 3. The molecule has 3 rings (SSSR count). The minimum atomic E-state index is -0.289. The molecule has 0 aliphatic carbocycles. The molecule has 0 atom stereocenters. The van der Waals surface area contributed by atoms with Crippen molar-refractivity contribution in [1.29, 1.82) is 0 Å². The van der Waals surface area contributed by atoms with Crippen LogP contribution in [0.15, 0.2) is 42.6 Å². The van der Waals surface area contributed by atoms with E-state index in [2.05, 4.69) is 395 Å². The van der Waals surface area contributed by atoms with Gasteiger partial charge in [0.1, 0.15) is 0 Å². The van der Waals surface area contributed by atoms with Crippen molar-refractivity contribution in [1.82, 2.24) is 14.6 Å². The Hall–Kier alpha value is -16.0. The van der Waals surface area contributed by atoms with Crippen molar-refractivity contribution in [3.8, 4) is 403 Å². The van der Waals surface area contributed by atoms with Crippen LogP contribution in [0.3, 0.4) is 0 Å². The Morgan fingerprint density at radius 3 is 0.756 bits per heavy atom. The van der Waals surface area contributed by atoms with E-state index < -0.39 is 0 Å². The zero-order valence-corrected chi connectivity index (χ0v) is 46.9. The summed E-state index contributed by atoms with van der Waals surface area (Å²) >= 11 is 1.94. The molecule has 3 nitrogen and oxygen atoms in total. The van der Waals surface area contributed by atoms with Gasteiger partial charge in [-0.1, -0.05) is 50.1 Å². The molecule has 0 unspecified atom stereocenters. The lowest BCUT2D eigenvalue weighted by atomic mass is 10.2. The predicted molar refractivity (Wildman–Crippen MR) is 346 cm³/mol. The average Bonchev–Trinajstić information content (AvgIpc) is 4.20. The molecule has 0 fully saturated rings. The molecule has 0 saturated carbocycles. The number of nitrogens with zero attached hydrogens (tertiary/aromatic N) is 3. The molecule has 5 heteroatoms. The Balaban J connectivity index is 0.00000162. The summed E-state index contributed by atoms with van der Waals surface area (Å²) in [6, 6.07) is 11.3. The maximum Gasteiger partial charge on any atom is 0.182 e. The Bertz CT molecular complexity index is 5480. The molecule has 3 aromatic rings. The number of fused-ring (bicyclic) bond motifs is 1. The maximum absolute atomic E-state index is 13.4. The van der Waals surface area contributed by atoms with Crippen LogP contribution in [0.4, 0.5) is 4.39 Å². The number of pyridine rings is 1. The Kier molecular flexibility index (Phi) is 43.7. The van der Waals surface area contributed by atoms with Crippen LogP contribution in [0.2, 0.25) is 0 Å². The quantitative estimate of drug-likeness (QED) is 0.257. The minimum Gasteiger partial charge on any atom is -0.217 e. The highest BCUT2D eigenvalue weighted by molar-refractivity contribution is 14.1. The van der Waals surface area contributed by atoms with Crippen molar-refractivity contribution in [2.45, 2.75) is 20.8 Å². The first-order valence-electron chi connectivity index (χ1n) is 22.8. The fourth-order valence-corrected chi connectivity index (χ4v) is 4.01. The highest BCUT2D eigenvalue weighted by Crippen LogP contribution is 2.18. The van der Waals surface area contributed by atoms with Gasteiger partial charge in [-0.3, -0.25) is 0 Å². The monoisotopic (exact) mass is 1180 g/mol. The summed E-state index contributed by atoms with van der Waals surface area (Å²) in [6.07, 6.45) is 6.29. The molecular formula is C81H17FIN3. The van der Waals surface area contributed by atoms with E-state index in [1.807, 2.05) is 66.8 Å². The lowest BCUT2D eigenvalue weighted by Gasteiger charge is -1.93. The smallest absolute Gasteiger partial charge is 0.182 e. The van der Waals surface area contributed by atoms with Gasteiger partial charge in [0.05, 0.1) is 9.77 Å². The molecule has 0 N–H and O–H groups in total. The highest BCUT2D eigenvalue weighted by atomic mass is 127. The lowest BCUT2D eigenvalue weighted by molar-refractivity contribution is 0.607. The molecule has 0 aliphatic heterocycles. The Labute approximate surface area is 519 Å². The summed E-state index contributed by atoms with van der Waals surface area (Å²) in [6.45, 7) is 5.68. The van der Waals surface area contributed by atoms with Crippen molar-refractivity contribution in [2.75, 3.05) is 0 Å². The van der Waals surface area contributed by atoms with E-state index in [1.54, 1.807) is 13.0 Å². The second-order valence-electron chi connectivity index (χ2n) is 11.8. The molecule has 0 aliphatic rings. The molecule has 0 spiro atoms. The van der Waals surface area contributed by atoms with Gasteiger partial charge < -0.3 is 0 Å². The molecule has 2 aromatic heterocycles. The summed E-state index contributed by atoms with van der Waals surface area (Å²) in [7, 11) is 0. The van der Waals surface area contributed by atoms with Crippen LogP contribution >= 0.6 is 22.6 Å². The molecule has 0 bridgehead atoms. The van der Waals surface area contributed by atoms with Crippen molar-refractivity contribution in [2.24, 2.45) is 0 Å². The Morgan fingerprint density at radius 2 is 0.547 bits per heavy atom. The van der Waals surface area contributed by atoms with Crippen LogP contribution in [0.25, 0.3) is 17.0 Å². The van der Waals surface area contributed by atoms with Gasteiger partial charge in [0.2, 0.25) is 0 Å². The minimum absolute atomic E-state index is 0.289. The summed E-state index contributed by atoms with van der Waals surface area (Å²) in [5, 5.41) is 4.25. The molecular weight excluding hydrogens is 1160 g/mol. The van der Waals surface area contributed by atoms with E-state index >= 15 is 0 Å². The second kappa shape index (κ2) is 55.2. The van der Waals surface area contributed by atoms with Crippen LogP contribution in [-0.4, -0.2) is 14.6 Å². The third-order valence-electron chi connectivity index (χ3n) is 6.48. The summed E-state index contributed by atoms with van der Waals surface area (Å²) < 4.78 is 15.4. The third kappa shape index (κ3) is 43.2. The topological polar surface area (TPSA) is 30.2 Å². The van der Waals surface area contributed by atoms with Gasteiger partial charge >= 0.3 is 0 Å². The first kappa shape index (κ1) is 68.0. The molecule has 86 heavy (non-hydrogen) atoms. The van der Waals surface area contributed by atoms with Crippen molar-refractivity contribution in [3.05, 3.63) is 52.0 Å². The first-order chi connectivity index (χ1) is 42.7. The van der Waals surface area contributed by atoms with Crippen LogP contribution in [0.5, 0.6) is 0 Å². The predicted octanol–water partition coefficient (Wildman–Crippen LogP) is 4.91. The van der Waals surface area contributed by atoms with Crippen LogP contribution in [0.1, 0.15) is 20.8 Å². The maximum atomic E-state index is 13.4. The fraction of sp³-hybridized carbons (Fsp3) is 0.0370. The van der Waals surface area contributed by atoms with Gasteiger partial charge in [-0.2, -0.15) is 0 Å². The summed E-state index contributed by atoms with van der Waals surface area (Å²) in [4.78, 5) is 4.37. The average molecular weight is 1180 g/mol. The van der Waals surface area contributed by atoms with Gasteiger partial charge in [0, 0.05) is 290 Å². The number of halogens is 2. The van der Waals surface area contributed by atoms with Gasteiger partial charge in [-0.15, -0.1) is 11.5 Å². The van der Waals surface area contributed by atoms with Gasteiger partial charge in [-0.05, 0) is 130 Å². The van der Waals surface area contributed by atoms with E-state index in [0.29, 0.717) is 15.0 Å². The first-order valence-corrected chi connectivity index (χ1v) is 23.9. The van der Waals surface area contributed by atoms with Crippen LogP contribution < -0.4 is 0 Å². The number of hydrogen-bond donors (Lipinski definition) is 0. The third-order valence-corrected chi connectivity index (χ3v) is 7.31. The van der Waals surface area contributed by atoms with E-state index in [4.69, 9.17) is 6.42 Å². The normalized spacial score (nSPS) is 5.30. The van der Waals surface area contributed by atoms with E-state index in [1.165, 1.54) is 10.7 Å². The van der Waals surface area contributed by atoms with Crippen LogP contribution in [-0.2, 0) is 0 Å². The van der Waals surface area contributed by atoms with Crippen LogP contribution in [0, 0.1) is 401 Å². The van der Waals surface area contributed by atoms with E-state index in [-0.39, 0.29) is 5.82 Å². The molecule has 1 aromatic carbocycles. The van der Waals surface area contributed by atoms with Gasteiger partial charge in [0.15, 0.2) is 17.3 Å². The number of hydrogen-bond acceptors (Lipinski definition) is 2. The standard InChI is InChI=1S/C67H4.C12H7FIN3.C2H6/c1-3-5-7-9-11-13-15-17-19-21-23-25-27-29-31-33-35-37-39-41-43-45-47-49-51-53-55-57-59-61-63-65-67-66-64-62-60-58-56-54-52-50-48-46-44-42-40-38-36-34-32-30-28-26-24-22-20-18-16-14-12-10-8-6-4-2;13-9-7-17-11(6-10(9)14)15-12(16-17)8-4-2-1-3-5-8;1-2/h1H,2H3;1-7H;1-2H3. The fourth-order valence-electron chi connectivity index (χ4n) is 3.59. The number of benzene rings is 1. The van der Waals surface area contributed by atoms with Crippen molar-refractivity contribution in [3.63, 3.8) is 0 Å². The summed E-state index contributed by atoms with van der Waals surface area (Å²) in [5.74, 6) is 162. The molecule has 0 radical (unpaired) electrons. The zero-order valence-electron chi connectivity index (χ0n) is 44.7. The number of terminal acetylenes is 1. The van der Waals surface area contributed by atoms with Crippen molar-refractivity contribution >= 4 is 28.2 Å². The molecule has 370 valence electrons. The molecule has 2 heterocycles. The highest BCUT2D eigenvalue weighted by Gasteiger charge is 2.08. The SMILES string of the molecule is C#CC#CC#CC#CC#CC#CC#CC#CC#CC#CC#CC#CC#CC#CC#CC#CC#CC#CC#CC#CC#CC#CC#CC#CC#CC#CC#CC#CC#CC#CC#CC#CC#CC.CC.Fc1cn2nc(-c3ccccc3)nc2cc1I.